The molecular weight excluding hydrogens is 1210 g/mol. The molecule has 546 valence electrons. The lowest BCUT2D eigenvalue weighted by Crippen LogP contribution is -2.30. The molecular formula is C73H142O17P2. The van der Waals surface area contributed by atoms with E-state index in [-0.39, 0.29) is 25.7 Å². The van der Waals surface area contributed by atoms with E-state index in [1.54, 1.807) is 0 Å². The van der Waals surface area contributed by atoms with Crippen LogP contribution in [-0.4, -0.2) is 96.7 Å². The van der Waals surface area contributed by atoms with Crippen LogP contribution in [0.2, 0.25) is 0 Å². The monoisotopic (exact) mass is 1350 g/mol. The largest absolute Gasteiger partial charge is 0.472 e. The number of hydrogen-bond acceptors (Lipinski definition) is 15. The highest BCUT2D eigenvalue weighted by Gasteiger charge is 2.30. The molecule has 0 aromatic carbocycles. The quantitative estimate of drug-likeness (QED) is 0.0222. The molecule has 0 bridgehead atoms. The fourth-order valence-corrected chi connectivity index (χ4v) is 12.7. The first kappa shape index (κ1) is 90.1. The number of ether oxygens (including phenoxy) is 4. The van der Waals surface area contributed by atoms with Gasteiger partial charge >= 0.3 is 39.5 Å². The summed E-state index contributed by atoms with van der Waals surface area (Å²) in [6, 6.07) is 0. The van der Waals surface area contributed by atoms with E-state index in [0.29, 0.717) is 25.7 Å². The summed E-state index contributed by atoms with van der Waals surface area (Å²) in [6.45, 7) is 11.8. The van der Waals surface area contributed by atoms with Gasteiger partial charge in [0.2, 0.25) is 0 Å². The van der Waals surface area contributed by atoms with Crippen molar-refractivity contribution in [3.05, 3.63) is 0 Å². The lowest BCUT2D eigenvalue weighted by Gasteiger charge is -2.21. The second-order valence-electron chi connectivity index (χ2n) is 27.8. The third kappa shape index (κ3) is 66.7. The van der Waals surface area contributed by atoms with E-state index < -0.39 is 97.5 Å². The summed E-state index contributed by atoms with van der Waals surface area (Å²) in [5.41, 5.74) is 0. The Balaban J connectivity index is 5.15. The maximum absolute atomic E-state index is 13.0. The molecule has 0 heterocycles. The zero-order valence-corrected chi connectivity index (χ0v) is 61.8. The van der Waals surface area contributed by atoms with Crippen molar-refractivity contribution in [3.8, 4) is 0 Å². The Hall–Kier alpha value is -1.94. The number of phosphoric acid groups is 2. The molecule has 0 fully saturated rings. The number of unbranched alkanes of at least 4 members (excludes halogenated alkanes) is 39. The third-order valence-corrected chi connectivity index (χ3v) is 18.8. The molecule has 2 unspecified atom stereocenters. The molecule has 0 saturated heterocycles. The van der Waals surface area contributed by atoms with Crippen molar-refractivity contribution in [2.45, 2.75) is 388 Å². The minimum Gasteiger partial charge on any atom is -0.462 e. The Morgan fingerprint density at radius 3 is 0.739 bits per heavy atom. The summed E-state index contributed by atoms with van der Waals surface area (Å²) in [7, 11) is -9.90. The third-order valence-electron chi connectivity index (χ3n) is 16.9. The molecule has 0 spiro atoms. The van der Waals surface area contributed by atoms with Gasteiger partial charge in [0.1, 0.15) is 19.3 Å². The van der Waals surface area contributed by atoms with Crippen molar-refractivity contribution < 1.29 is 80.2 Å². The number of carbonyl (C=O) groups is 4. The number of aliphatic hydroxyl groups excluding tert-OH is 1. The first-order chi connectivity index (χ1) is 44.2. The Bertz CT molecular complexity index is 1800. The molecule has 0 aromatic heterocycles. The number of phosphoric ester groups is 2. The molecule has 0 amide bonds. The van der Waals surface area contributed by atoms with Gasteiger partial charge in [-0.3, -0.25) is 37.3 Å². The molecule has 92 heavy (non-hydrogen) atoms. The standard InChI is InChI=1S/C73H142O17P2/c1-8-9-10-37-47-54-70(75)83-60-68(89-72(77)57-50-43-36-30-24-23-27-33-40-46-53-66(6)7)62-87-91(79,80)85-58-67(74)59-86-92(81,82)88-63-69(61-84-71(76)55-48-41-34-28-21-18-17-20-26-32-39-45-52-65(4)5)90-73(78)56-49-42-35-29-22-16-14-12-11-13-15-19-25-31-38-44-51-64(2)3/h64-69,74H,8-63H2,1-7H3,(H,79,80)(H,81,82)/t67-,68+,69+/m0/s1. The molecule has 5 atom stereocenters. The van der Waals surface area contributed by atoms with Gasteiger partial charge in [0, 0.05) is 25.7 Å². The topological polar surface area (TPSA) is 237 Å². The zero-order chi connectivity index (χ0) is 68.0. The summed E-state index contributed by atoms with van der Waals surface area (Å²) >= 11 is 0. The van der Waals surface area contributed by atoms with Gasteiger partial charge in [0.15, 0.2) is 12.2 Å². The highest BCUT2D eigenvalue weighted by Crippen LogP contribution is 2.45. The Morgan fingerprint density at radius 2 is 0.500 bits per heavy atom. The van der Waals surface area contributed by atoms with Crippen LogP contribution in [0.1, 0.15) is 370 Å². The summed E-state index contributed by atoms with van der Waals surface area (Å²) in [4.78, 5) is 72.4. The van der Waals surface area contributed by atoms with Crippen LogP contribution < -0.4 is 0 Å². The first-order valence-electron chi connectivity index (χ1n) is 37.8. The Morgan fingerprint density at radius 1 is 0.293 bits per heavy atom. The number of hydrogen-bond donors (Lipinski definition) is 3. The summed E-state index contributed by atoms with van der Waals surface area (Å²) in [6.07, 6.45) is 49.0. The molecule has 0 aliphatic carbocycles. The average molecular weight is 1350 g/mol. The maximum atomic E-state index is 13.0. The van der Waals surface area contributed by atoms with E-state index in [2.05, 4.69) is 48.5 Å². The predicted molar refractivity (Wildman–Crippen MR) is 372 cm³/mol. The second-order valence-corrected chi connectivity index (χ2v) is 30.7. The summed E-state index contributed by atoms with van der Waals surface area (Å²) in [5.74, 6) is 0.211. The van der Waals surface area contributed by atoms with Crippen LogP contribution >= 0.6 is 15.6 Å². The number of carbonyl (C=O) groups excluding carboxylic acids is 4. The van der Waals surface area contributed by atoms with Gasteiger partial charge in [-0.25, -0.2) is 9.13 Å². The number of rotatable bonds is 71. The van der Waals surface area contributed by atoms with Gasteiger partial charge in [-0.05, 0) is 43.4 Å². The van der Waals surface area contributed by atoms with Crippen molar-refractivity contribution in [3.63, 3.8) is 0 Å². The smallest absolute Gasteiger partial charge is 0.462 e. The molecule has 0 saturated carbocycles. The van der Waals surface area contributed by atoms with Gasteiger partial charge in [-0.1, -0.05) is 318 Å². The molecule has 17 nitrogen and oxygen atoms in total. The molecule has 3 N–H and O–H groups in total. The van der Waals surface area contributed by atoms with E-state index in [1.165, 1.54) is 173 Å². The van der Waals surface area contributed by atoms with Gasteiger partial charge in [-0.2, -0.15) is 0 Å². The molecule has 19 heteroatoms. The first-order valence-corrected chi connectivity index (χ1v) is 40.8. The van der Waals surface area contributed by atoms with Crippen LogP contribution in [0.3, 0.4) is 0 Å². The molecule has 0 aromatic rings. The SMILES string of the molecule is CCCCCCCC(=O)OC[C@H](COP(=O)(O)OC[C@H](O)COP(=O)(O)OC[C@@H](COC(=O)CCCCCCCCCCCCCCC(C)C)OC(=O)CCCCCCCCCCCCCCCCCCC(C)C)OC(=O)CCCCCCCCCCCCC(C)C. The van der Waals surface area contributed by atoms with E-state index in [0.717, 1.165) is 114 Å². The Kier molecular flexibility index (Phi) is 62.4. The van der Waals surface area contributed by atoms with Crippen molar-refractivity contribution in [2.75, 3.05) is 39.6 Å². The lowest BCUT2D eigenvalue weighted by molar-refractivity contribution is -0.161. The van der Waals surface area contributed by atoms with Gasteiger partial charge in [0.05, 0.1) is 26.4 Å². The van der Waals surface area contributed by atoms with Crippen molar-refractivity contribution in [1.82, 2.24) is 0 Å². The molecule has 0 radical (unpaired) electrons. The fourth-order valence-electron chi connectivity index (χ4n) is 11.1. The van der Waals surface area contributed by atoms with Gasteiger partial charge < -0.3 is 33.8 Å². The van der Waals surface area contributed by atoms with Crippen LogP contribution in [0, 0.1) is 17.8 Å². The fraction of sp³-hybridized carbons (Fsp3) is 0.945. The number of aliphatic hydroxyl groups is 1. The van der Waals surface area contributed by atoms with E-state index in [9.17, 15) is 43.2 Å². The highest BCUT2D eigenvalue weighted by atomic mass is 31.2. The zero-order valence-electron chi connectivity index (χ0n) is 60.0. The minimum atomic E-state index is -4.95. The van der Waals surface area contributed by atoms with Gasteiger partial charge in [0.25, 0.3) is 0 Å². The van der Waals surface area contributed by atoms with E-state index >= 15 is 0 Å². The van der Waals surface area contributed by atoms with Crippen molar-refractivity contribution in [1.29, 1.82) is 0 Å². The summed E-state index contributed by atoms with van der Waals surface area (Å²) in [5, 5.41) is 10.6. The van der Waals surface area contributed by atoms with Crippen LogP contribution in [0.25, 0.3) is 0 Å². The van der Waals surface area contributed by atoms with E-state index in [1.807, 2.05) is 0 Å². The van der Waals surface area contributed by atoms with Crippen LogP contribution in [0.15, 0.2) is 0 Å². The molecule has 0 aliphatic heterocycles. The highest BCUT2D eigenvalue weighted by molar-refractivity contribution is 7.47. The van der Waals surface area contributed by atoms with Crippen LogP contribution in [0.4, 0.5) is 0 Å². The second kappa shape index (κ2) is 63.8. The predicted octanol–water partition coefficient (Wildman–Crippen LogP) is 21.0. The van der Waals surface area contributed by atoms with E-state index in [4.69, 9.17) is 37.0 Å². The summed E-state index contributed by atoms with van der Waals surface area (Å²) < 4.78 is 68.2. The maximum Gasteiger partial charge on any atom is 0.472 e. The van der Waals surface area contributed by atoms with Crippen molar-refractivity contribution in [2.24, 2.45) is 17.8 Å². The lowest BCUT2D eigenvalue weighted by atomic mass is 10.0. The van der Waals surface area contributed by atoms with Crippen LogP contribution in [0.5, 0.6) is 0 Å². The molecule has 0 rings (SSSR count). The van der Waals surface area contributed by atoms with Crippen molar-refractivity contribution >= 4 is 39.5 Å². The minimum absolute atomic E-state index is 0.105. The normalized spacial score (nSPS) is 14.1. The van der Waals surface area contributed by atoms with Crippen LogP contribution in [-0.2, 0) is 65.4 Å². The Labute approximate surface area is 562 Å². The average Bonchev–Trinajstić information content (AvgIpc) is 3.67. The van der Waals surface area contributed by atoms with Gasteiger partial charge in [-0.15, -0.1) is 0 Å². The number of esters is 4. The molecule has 0 aliphatic rings.